The SMILES string of the molecule is COC(=O)c1cc(NC(=O)C2Cc3ccccc3S2)c(F)cc1F. The van der Waals surface area contributed by atoms with Gasteiger partial charge in [-0.05, 0) is 24.1 Å². The molecule has 1 unspecified atom stereocenters. The minimum Gasteiger partial charge on any atom is -0.465 e. The van der Waals surface area contributed by atoms with Gasteiger partial charge < -0.3 is 10.1 Å². The van der Waals surface area contributed by atoms with Crippen molar-refractivity contribution < 1.29 is 23.1 Å². The lowest BCUT2D eigenvalue weighted by molar-refractivity contribution is -0.115. The molecule has 4 nitrogen and oxygen atoms in total. The molecule has 0 fully saturated rings. The van der Waals surface area contributed by atoms with Crippen LogP contribution in [-0.4, -0.2) is 24.2 Å². The van der Waals surface area contributed by atoms with Gasteiger partial charge in [0, 0.05) is 11.0 Å². The van der Waals surface area contributed by atoms with Crippen LogP contribution in [0.3, 0.4) is 0 Å². The summed E-state index contributed by atoms with van der Waals surface area (Å²) in [5.41, 5.74) is 0.368. The molecule has 0 aromatic heterocycles. The number of thioether (sulfide) groups is 1. The van der Waals surface area contributed by atoms with Crippen LogP contribution in [0.5, 0.6) is 0 Å². The van der Waals surface area contributed by atoms with E-state index < -0.39 is 34.3 Å². The Balaban J connectivity index is 1.79. The molecule has 0 radical (unpaired) electrons. The fraction of sp³-hybridized carbons (Fsp3) is 0.176. The van der Waals surface area contributed by atoms with Gasteiger partial charge in [-0.1, -0.05) is 18.2 Å². The highest BCUT2D eigenvalue weighted by molar-refractivity contribution is 8.01. The molecule has 24 heavy (non-hydrogen) atoms. The number of anilines is 1. The zero-order valence-electron chi connectivity index (χ0n) is 12.6. The van der Waals surface area contributed by atoms with E-state index in [9.17, 15) is 18.4 Å². The minimum absolute atomic E-state index is 0.252. The molecule has 1 aliphatic rings. The molecular formula is C17H13F2NO3S. The van der Waals surface area contributed by atoms with E-state index >= 15 is 0 Å². The summed E-state index contributed by atoms with van der Waals surface area (Å²) in [6.07, 6.45) is 0.527. The van der Waals surface area contributed by atoms with Gasteiger partial charge in [-0.25, -0.2) is 13.6 Å². The van der Waals surface area contributed by atoms with Crippen LogP contribution in [0, 0.1) is 11.6 Å². The van der Waals surface area contributed by atoms with E-state index in [0.29, 0.717) is 12.5 Å². The second kappa shape index (κ2) is 6.60. The van der Waals surface area contributed by atoms with E-state index in [1.165, 1.54) is 11.8 Å². The van der Waals surface area contributed by atoms with E-state index in [4.69, 9.17) is 0 Å². The molecule has 0 aliphatic carbocycles. The highest BCUT2D eigenvalue weighted by Gasteiger charge is 2.29. The normalized spacial score (nSPS) is 15.7. The highest BCUT2D eigenvalue weighted by atomic mass is 32.2. The van der Waals surface area contributed by atoms with Crippen LogP contribution < -0.4 is 5.32 Å². The average Bonchev–Trinajstić information content (AvgIpc) is 3.00. The van der Waals surface area contributed by atoms with Crippen molar-refractivity contribution in [3.63, 3.8) is 0 Å². The summed E-state index contributed by atoms with van der Waals surface area (Å²) < 4.78 is 32.0. The number of methoxy groups -OCH3 is 1. The van der Waals surface area contributed by atoms with Gasteiger partial charge >= 0.3 is 5.97 Å². The number of benzene rings is 2. The number of halogens is 2. The third-order valence-electron chi connectivity index (χ3n) is 3.66. The van der Waals surface area contributed by atoms with Gasteiger partial charge in [0.05, 0.1) is 23.6 Å². The molecule has 124 valence electrons. The molecule has 2 aromatic rings. The maximum Gasteiger partial charge on any atom is 0.340 e. The lowest BCUT2D eigenvalue weighted by Gasteiger charge is -2.12. The maximum atomic E-state index is 13.9. The summed E-state index contributed by atoms with van der Waals surface area (Å²) in [4.78, 5) is 24.9. The Kier molecular flexibility index (Phi) is 4.53. The topological polar surface area (TPSA) is 55.4 Å². The molecule has 1 amide bonds. The predicted molar refractivity (Wildman–Crippen MR) is 86.1 cm³/mol. The van der Waals surface area contributed by atoms with Gasteiger partial charge in [0.15, 0.2) is 0 Å². The largest absolute Gasteiger partial charge is 0.465 e. The zero-order valence-corrected chi connectivity index (χ0v) is 13.5. The van der Waals surface area contributed by atoms with Crippen molar-refractivity contribution in [2.45, 2.75) is 16.6 Å². The second-order valence-electron chi connectivity index (χ2n) is 5.21. The van der Waals surface area contributed by atoms with Gasteiger partial charge in [0.1, 0.15) is 11.6 Å². The van der Waals surface area contributed by atoms with Crippen molar-refractivity contribution in [3.8, 4) is 0 Å². The van der Waals surface area contributed by atoms with E-state index in [2.05, 4.69) is 10.1 Å². The molecule has 0 saturated carbocycles. The first-order valence-corrected chi connectivity index (χ1v) is 8.00. The fourth-order valence-corrected chi connectivity index (χ4v) is 3.65. The Morgan fingerprint density at radius 1 is 1.21 bits per heavy atom. The maximum absolute atomic E-state index is 13.9. The molecule has 1 heterocycles. The van der Waals surface area contributed by atoms with Gasteiger partial charge in [-0.3, -0.25) is 4.79 Å². The number of hydrogen-bond donors (Lipinski definition) is 1. The van der Waals surface area contributed by atoms with Gasteiger partial charge in [-0.15, -0.1) is 11.8 Å². The van der Waals surface area contributed by atoms with Crippen LogP contribution in [-0.2, 0) is 16.0 Å². The number of ether oxygens (including phenoxy) is 1. The number of nitrogens with one attached hydrogen (secondary N) is 1. The zero-order chi connectivity index (χ0) is 17.3. The Morgan fingerprint density at radius 2 is 1.96 bits per heavy atom. The fourth-order valence-electron chi connectivity index (χ4n) is 2.45. The van der Waals surface area contributed by atoms with Crippen molar-refractivity contribution in [2.24, 2.45) is 0 Å². The minimum atomic E-state index is -1.04. The Morgan fingerprint density at radius 3 is 2.67 bits per heavy atom. The Labute approximate surface area is 141 Å². The summed E-state index contributed by atoms with van der Waals surface area (Å²) in [7, 11) is 1.09. The number of fused-ring (bicyclic) bond motifs is 1. The van der Waals surface area contributed by atoms with Gasteiger partial charge in [-0.2, -0.15) is 0 Å². The molecule has 0 spiro atoms. The van der Waals surface area contributed by atoms with Crippen molar-refractivity contribution in [1.29, 1.82) is 0 Å². The van der Waals surface area contributed by atoms with Gasteiger partial charge in [0.25, 0.3) is 0 Å². The quantitative estimate of drug-likeness (QED) is 0.863. The third kappa shape index (κ3) is 3.12. The number of amides is 1. The summed E-state index contributed by atoms with van der Waals surface area (Å²) in [5, 5.41) is 2.02. The number of carbonyl (C=O) groups excluding carboxylic acids is 2. The summed E-state index contributed by atoms with van der Waals surface area (Å²) in [6, 6.07) is 9.13. The lowest BCUT2D eigenvalue weighted by atomic mass is 10.1. The van der Waals surface area contributed by atoms with Crippen LogP contribution in [0.25, 0.3) is 0 Å². The second-order valence-corrected chi connectivity index (χ2v) is 6.46. The first kappa shape index (κ1) is 16.4. The number of esters is 1. The summed E-state index contributed by atoms with van der Waals surface area (Å²) >= 11 is 1.39. The van der Waals surface area contributed by atoms with Crippen LogP contribution in [0.2, 0.25) is 0 Å². The van der Waals surface area contributed by atoms with Crippen molar-refractivity contribution >= 4 is 29.3 Å². The number of carbonyl (C=O) groups is 2. The van der Waals surface area contributed by atoms with Crippen molar-refractivity contribution in [2.75, 3.05) is 12.4 Å². The monoisotopic (exact) mass is 349 g/mol. The number of rotatable bonds is 3. The van der Waals surface area contributed by atoms with Crippen molar-refractivity contribution in [1.82, 2.24) is 0 Å². The predicted octanol–water partition coefficient (Wildman–Crippen LogP) is 3.41. The lowest BCUT2D eigenvalue weighted by Crippen LogP contribution is -2.25. The molecule has 7 heteroatoms. The number of hydrogen-bond acceptors (Lipinski definition) is 4. The van der Waals surface area contributed by atoms with Crippen LogP contribution >= 0.6 is 11.8 Å². The van der Waals surface area contributed by atoms with Crippen LogP contribution in [0.4, 0.5) is 14.5 Å². The smallest absolute Gasteiger partial charge is 0.340 e. The van der Waals surface area contributed by atoms with Crippen LogP contribution in [0.1, 0.15) is 15.9 Å². The summed E-state index contributed by atoms with van der Waals surface area (Å²) in [6.45, 7) is 0. The third-order valence-corrected chi connectivity index (χ3v) is 4.98. The molecule has 1 aliphatic heterocycles. The first-order chi connectivity index (χ1) is 11.5. The van der Waals surface area contributed by atoms with Crippen LogP contribution in [0.15, 0.2) is 41.3 Å². The molecule has 0 bridgehead atoms. The van der Waals surface area contributed by atoms with E-state index in [-0.39, 0.29) is 5.69 Å². The van der Waals surface area contributed by atoms with E-state index in [0.717, 1.165) is 23.6 Å². The van der Waals surface area contributed by atoms with E-state index in [1.807, 2.05) is 24.3 Å². The molecular weight excluding hydrogens is 336 g/mol. The Bertz CT molecular complexity index is 800. The standard InChI is InChI=1S/C17H13F2NO3S/c1-23-17(22)10-7-13(12(19)8-11(10)18)20-16(21)15-6-9-4-2-3-5-14(9)24-15/h2-5,7-8,15H,6H2,1H3,(H,20,21). The molecule has 0 saturated heterocycles. The van der Waals surface area contributed by atoms with E-state index in [1.54, 1.807) is 0 Å². The average molecular weight is 349 g/mol. The molecule has 1 atom stereocenters. The van der Waals surface area contributed by atoms with Crippen molar-refractivity contribution in [3.05, 3.63) is 59.2 Å². The Hall–Kier alpha value is -2.41. The van der Waals surface area contributed by atoms with Gasteiger partial charge in [0.2, 0.25) is 5.91 Å². The molecule has 2 aromatic carbocycles. The first-order valence-electron chi connectivity index (χ1n) is 7.12. The molecule has 1 N–H and O–H groups in total. The molecule has 3 rings (SSSR count). The highest BCUT2D eigenvalue weighted by Crippen LogP contribution is 2.37. The summed E-state index contributed by atoms with van der Waals surface area (Å²) in [5.74, 6) is -3.34.